The maximum absolute atomic E-state index is 13.1. The fraction of sp³-hybridized carbons (Fsp3) is 0.150. The number of hydrogen-bond acceptors (Lipinski definition) is 7. The topological polar surface area (TPSA) is 112 Å². The predicted molar refractivity (Wildman–Crippen MR) is 110 cm³/mol. The number of ether oxygens (including phenoxy) is 1. The normalized spacial score (nSPS) is 12.3. The van der Waals surface area contributed by atoms with E-state index in [-0.39, 0.29) is 27.1 Å². The van der Waals surface area contributed by atoms with Crippen molar-refractivity contribution in [3.63, 3.8) is 0 Å². The number of anilines is 3. The number of nitrogens with two attached hydrogens (primary N) is 2. The summed E-state index contributed by atoms with van der Waals surface area (Å²) in [7, 11) is 0. The molecule has 3 rings (SSSR count). The molecule has 0 radical (unpaired) electrons. The summed E-state index contributed by atoms with van der Waals surface area (Å²) in [5.74, 6) is -2.36. The first-order chi connectivity index (χ1) is 15.0. The number of rotatable bonds is 7. The molecule has 0 aliphatic rings. The Hall–Kier alpha value is -3.67. The molecule has 1 heterocycles. The minimum absolute atomic E-state index is 0.0466. The lowest BCUT2D eigenvalue weighted by molar-refractivity contribution is -0.274. The second-order valence-corrected chi connectivity index (χ2v) is 7.51. The molecule has 0 saturated heterocycles. The van der Waals surface area contributed by atoms with Gasteiger partial charge >= 0.3 is 6.36 Å². The lowest BCUT2D eigenvalue weighted by atomic mass is 10.1. The van der Waals surface area contributed by atoms with E-state index in [0.717, 1.165) is 35.6 Å². The third-order valence-corrected chi connectivity index (χ3v) is 5.38. The number of nitrogens with zero attached hydrogens (tertiary/aromatic N) is 2. The molecule has 2 aromatic carbocycles. The van der Waals surface area contributed by atoms with E-state index in [0.29, 0.717) is 0 Å². The highest BCUT2D eigenvalue weighted by Crippen LogP contribution is 2.37. The number of aromatic nitrogens is 1. The molecule has 0 unspecified atom stereocenters. The largest absolute Gasteiger partial charge is 0.573 e. The molecule has 0 fully saturated rings. The number of amides is 1. The standard InChI is InChI=1S/C20H16F4N4O3S/c1-10(18(26)30)28(13-6-8-14(9-7-13)31-20(22,23)24)19-27-17(25)16(32-19)15(29)11-2-4-12(21)5-3-11/h2-10H,25H2,1H3,(H2,26,30)/t10-/m1/s1. The van der Waals surface area contributed by atoms with Gasteiger partial charge in [0, 0.05) is 11.3 Å². The number of hydrogen-bond donors (Lipinski definition) is 2. The van der Waals surface area contributed by atoms with E-state index in [1.165, 1.54) is 36.1 Å². The quantitative estimate of drug-likeness (QED) is 0.400. The zero-order valence-corrected chi connectivity index (χ0v) is 17.2. The van der Waals surface area contributed by atoms with Crippen LogP contribution in [0, 0.1) is 5.82 Å². The number of ketones is 1. The second kappa shape index (κ2) is 8.83. The summed E-state index contributed by atoms with van der Waals surface area (Å²) in [6.45, 7) is 1.46. The van der Waals surface area contributed by atoms with Crippen LogP contribution in [0.15, 0.2) is 48.5 Å². The van der Waals surface area contributed by atoms with Crippen LogP contribution in [0.2, 0.25) is 0 Å². The predicted octanol–water partition coefficient (Wildman–Crippen LogP) is 4.01. The lowest BCUT2D eigenvalue weighted by Gasteiger charge is -2.26. The van der Waals surface area contributed by atoms with Crippen LogP contribution in [-0.2, 0) is 4.79 Å². The lowest BCUT2D eigenvalue weighted by Crippen LogP contribution is -2.39. The van der Waals surface area contributed by atoms with E-state index in [2.05, 4.69) is 9.72 Å². The molecule has 0 bridgehead atoms. The van der Waals surface area contributed by atoms with E-state index in [1.54, 1.807) is 0 Å². The maximum atomic E-state index is 13.1. The monoisotopic (exact) mass is 468 g/mol. The van der Waals surface area contributed by atoms with Crippen molar-refractivity contribution in [3.8, 4) is 5.75 Å². The van der Waals surface area contributed by atoms with E-state index in [4.69, 9.17) is 11.5 Å². The number of carbonyl (C=O) groups excluding carboxylic acids is 2. The first-order valence-electron chi connectivity index (χ1n) is 8.97. The highest BCUT2D eigenvalue weighted by molar-refractivity contribution is 7.18. The molecular formula is C20H16F4N4O3S. The van der Waals surface area contributed by atoms with Crippen LogP contribution in [0.4, 0.5) is 34.2 Å². The molecule has 0 spiro atoms. The Balaban J connectivity index is 1.98. The first kappa shape index (κ1) is 23.0. The minimum atomic E-state index is -4.86. The third-order valence-electron chi connectivity index (χ3n) is 4.31. The smallest absolute Gasteiger partial charge is 0.406 e. The Labute approximate surface area is 183 Å². The highest BCUT2D eigenvalue weighted by atomic mass is 32.1. The van der Waals surface area contributed by atoms with E-state index < -0.39 is 35.7 Å². The van der Waals surface area contributed by atoms with Crippen LogP contribution in [-0.4, -0.2) is 29.1 Å². The number of alkyl halides is 3. The third kappa shape index (κ3) is 5.14. The van der Waals surface area contributed by atoms with Crippen molar-refractivity contribution in [1.29, 1.82) is 0 Å². The summed E-state index contributed by atoms with van der Waals surface area (Å²) in [5.41, 5.74) is 11.8. The molecular weight excluding hydrogens is 452 g/mol. The van der Waals surface area contributed by atoms with E-state index >= 15 is 0 Å². The van der Waals surface area contributed by atoms with Crippen LogP contribution in [0.25, 0.3) is 0 Å². The Morgan fingerprint density at radius 1 is 1.09 bits per heavy atom. The highest BCUT2D eigenvalue weighted by Gasteiger charge is 2.32. The fourth-order valence-electron chi connectivity index (χ4n) is 2.75. The van der Waals surface area contributed by atoms with Gasteiger partial charge in [-0.25, -0.2) is 9.37 Å². The molecule has 7 nitrogen and oxygen atoms in total. The van der Waals surface area contributed by atoms with Gasteiger partial charge in [0.2, 0.25) is 11.7 Å². The molecule has 0 saturated carbocycles. The van der Waals surface area contributed by atoms with Gasteiger partial charge in [0.15, 0.2) is 5.13 Å². The van der Waals surface area contributed by atoms with E-state index in [9.17, 15) is 27.2 Å². The maximum Gasteiger partial charge on any atom is 0.573 e. The van der Waals surface area contributed by atoms with Gasteiger partial charge in [0.1, 0.15) is 28.3 Å². The van der Waals surface area contributed by atoms with Crippen LogP contribution < -0.4 is 21.1 Å². The molecule has 0 aliphatic heterocycles. The van der Waals surface area contributed by atoms with Gasteiger partial charge in [-0.1, -0.05) is 11.3 Å². The molecule has 1 amide bonds. The van der Waals surface area contributed by atoms with Crippen molar-refractivity contribution < 1.29 is 31.9 Å². The summed E-state index contributed by atoms with van der Waals surface area (Å²) < 4.78 is 54.2. The molecule has 12 heteroatoms. The average Bonchev–Trinajstić information content (AvgIpc) is 3.09. The summed E-state index contributed by atoms with van der Waals surface area (Å²) >= 11 is 0.857. The van der Waals surface area contributed by atoms with Crippen molar-refractivity contribution in [2.45, 2.75) is 19.3 Å². The Morgan fingerprint density at radius 3 is 2.22 bits per heavy atom. The molecule has 4 N–H and O–H groups in total. The number of thiazole rings is 1. The zero-order valence-electron chi connectivity index (χ0n) is 16.4. The van der Waals surface area contributed by atoms with Gasteiger partial charge in [-0.15, -0.1) is 13.2 Å². The van der Waals surface area contributed by atoms with Crippen molar-refractivity contribution in [2.24, 2.45) is 5.73 Å². The van der Waals surface area contributed by atoms with Crippen molar-refractivity contribution in [1.82, 2.24) is 4.98 Å². The van der Waals surface area contributed by atoms with Gasteiger partial charge < -0.3 is 21.1 Å². The Kier molecular flexibility index (Phi) is 6.35. The summed E-state index contributed by atoms with van der Waals surface area (Å²) in [6.07, 6.45) is -4.86. The molecule has 3 aromatic rings. The average molecular weight is 468 g/mol. The second-order valence-electron chi connectivity index (χ2n) is 6.54. The molecule has 1 atom stereocenters. The SMILES string of the molecule is C[C@H](C(N)=O)N(c1ccc(OC(F)(F)F)cc1)c1nc(N)c(C(=O)c2ccc(F)cc2)s1. The Morgan fingerprint density at radius 2 is 1.69 bits per heavy atom. The van der Waals surface area contributed by atoms with Crippen LogP contribution in [0.5, 0.6) is 5.75 Å². The minimum Gasteiger partial charge on any atom is -0.406 e. The Bertz CT molecular complexity index is 1130. The van der Waals surface area contributed by atoms with Crippen molar-refractivity contribution in [3.05, 3.63) is 64.8 Å². The number of nitrogen functional groups attached to an aromatic ring is 1. The number of primary amides is 1. The molecule has 0 aliphatic carbocycles. The molecule has 32 heavy (non-hydrogen) atoms. The van der Waals surface area contributed by atoms with Crippen molar-refractivity contribution >= 4 is 39.7 Å². The van der Waals surface area contributed by atoms with Crippen LogP contribution >= 0.6 is 11.3 Å². The molecule has 168 valence electrons. The van der Waals surface area contributed by atoms with Gasteiger partial charge in [-0.2, -0.15) is 0 Å². The zero-order chi connectivity index (χ0) is 23.6. The summed E-state index contributed by atoms with van der Waals surface area (Å²) in [4.78, 5) is 30.2. The van der Waals surface area contributed by atoms with Gasteiger partial charge in [0.05, 0.1) is 0 Å². The summed E-state index contributed by atoms with van der Waals surface area (Å²) in [5, 5.41) is 0.115. The van der Waals surface area contributed by atoms with Gasteiger partial charge in [-0.05, 0) is 55.5 Å². The van der Waals surface area contributed by atoms with E-state index in [1.807, 2.05) is 0 Å². The molecule has 1 aromatic heterocycles. The van der Waals surface area contributed by atoms with Crippen molar-refractivity contribution in [2.75, 3.05) is 10.6 Å². The van der Waals surface area contributed by atoms with Crippen LogP contribution in [0.3, 0.4) is 0 Å². The number of carbonyl (C=O) groups is 2. The number of halogens is 4. The van der Waals surface area contributed by atoms with Gasteiger partial charge in [0.25, 0.3) is 0 Å². The summed E-state index contributed by atoms with van der Waals surface area (Å²) in [6, 6.07) is 8.52. The first-order valence-corrected chi connectivity index (χ1v) is 9.79. The van der Waals surface area contributed by atoms with Crippen LogP contribution in [0.1, 0.15) is 22.2 Å². The number of benzene rings is 2. The fourth-order valence-corrected chi connectivity index (χ4v) is 3.80. The van der Waals surface area contributed by atoms with Gasteiger partial charge in [-0.3, -0.25) is 9.59 Å².